The molecule has 0 bridgehead atoms. The number of benzene rings is 2. The van der Waals surface area contributed by atoms with E-state index in [2.05, 4.69) is 34.7 Å². The fourth-order valence-electron chi connectivity index (χ4n) is 3.01. The Bertz CT molecular complexity index is 842. The molecular formula is C20H25N3O2. The summed E-state index contributed by atoms with van der Waals surface area (Å²) in [6.45, 7) is 6.82. The molecule has 0 unspecified atom stereocenters. The first-order chi connectivity index (χ1) is 12.2. The van der Waals surface area contributed by atoms with Gasteiger partial charge in [-0.15, -0.1) is 0 Å². The number of aliphatic hydroxyl groups excluding tert-OH is 1. The molecule has 1 aromatic heterocycles. The van der Waals surface area contributed by atoms with E-state index in [0.29, 0.717) is 13.2 Å². The highest BCUT2D eigenvalue weighted by Crippen LogP contribution is 2.20. The Morgan fingerprint density at radius 1 is 1.12 bits per heavy atom. The van der Waals surface area contributed by atoms with Crippen LogP contribution in [0.25, 0.3) is 10.8 Å². The molecule has 3 rings (SSSR count). The van der Waals surface area contributed by atoms with E-state index >= 15 is 0 Å². The minimum atomic E-state index is 0.106. The second kappa shape index (κ2) is 8.14. The molecule has 0 fully saturated rings. The van der Waals surface area contributed by atoms with Crippen LogP contribution in [0.5, 0.6) is 5.75 Å². The third kappa shape index (κ3) is 4.18. The molecule has 0 amide bonds. The topological polar surface area (TPSA) is 59.3 Å². The lowest BCUT2D eigenvalue weighted by Crippen LogP contribution is -2.21. The zero-order valence-electron chi connectivity index (χ0n) is 14.8. The smallest absolute Gasteiger partial charge is 0.120 e. The number of rotatable bonds is 8. The van der Waals surface area contributed by atoms with Crippen LogP contribution in [0.2, 0.25) is 0 Å². The summed E-state index contributed by atoms with van der Waals surface area (Å²) >= 11 is 0. The van der Waals surface area contributed by atoms with Crippen molar-refractivity contribution < 1.29 is 9.84 Å². The summed E-state index contributed by atoms with van der Waals surface area (Å²) in [6, 6.07) is 14.4. The van der Waals surface area contributed by atoms with Gasteiger partial charge in [-0.1, -0.05) is 30.3 Å². The molecule has 132 valence electrons. The molecule has 0 aliphatic rings. The zero-order chi connectivity index (χ0) is 17.6. The lowest BCUT2D eigenvalue weighted by atomic mass is 10.1. The molecule has 5 nitrogen and oxygen atoms in total. The Balaban J connectivity index is 1.48. The van der Waals surface area contributed by atoms with E-state index in [1.165, 1.54) is 16.3 Å². The van der Waals surface area contributed by atoms with E-state index in [1.54, 1.807) is 0 Å². The molecule has 0 aliphatic heterocycles. The summed E-state index contributed by atoms with van der Waals surface area (Å²) in [7, 11) is 0. The molecule has 5 heteroatoms. The van der Waals surface area contributed by atoms with E-state index in [9.17, 15) is 0 Å². The van der Waals surface area contributed by atoms with Crippen LogP contribution in [0, 0.1) is 13.8 Å². The molecule has 0 saturated carbocycles. The van der Waals surface area contributed by atoms with Gasteiger partial charge < -0.3 is 15.2 Å². The van der Waals surface area contributed by atoms with Crippen LogP contribution >= 0.6 is 0 Å². The second-order valence-corrected chi connectivity index (χ2v) is 6.13. The predicted molar refractivity (Wildman–Crippen MR) is 99.9 cm³/mol. The normalized spacial score (nSPS) is 11.2. The zero-order valence-corrected chi connectivity index (χ0v) is 14.8. The summed E-state index contributed by atoms with van der Waals surface area (Å²) in [5.41, 5.74) is 3.31. The third-order valence-electron chi connectivity index (χ3n) is 4.41. The first-order valence-corrected chi connectivity index (χ1v) is 8.65. The van der Waals surface area contributed by atoms with Crippen molar-refractivity contribution in [2.45, 2.75) is 26.9 Å². The molecule has 0 spiro atoms. The number of aryl methyl sites for hydroxylation is 1. The van der Waals surface area contributed by atoms with Gasteiger partial charge in [-0.3, -0.25) is 4.68 Å². The molecule has 0 radical (unpaired) electrons. The molecule has 0 saturated heterocycles. The Kier molecular flexibility index (Phi) is 5.68. The number of ether oxygens (including phenoxy) is 1. The summed E-state index contributed by atoms with van der Waals surface area (Å²) in [5.74, 6) is 0.892. The van der Waals surface area contributed by atoms with E-state index in [-0.39, 0.29) is 6.61 Å². The average Bonchev–Trinajstić information content (AvgIpc) is 2.89. The van der Waals surface area contributed by atoms with Gasteiger partial charge in [0.1, 0.15) is 12.4 Å². The Hall–Kier alpha value is -2.37. The van der Waals surface area contributed by atoms with Crippen molar-refractivity contribution in [3.63, 3.8) is 0 Å². The van der Waals surface area contributed by atoms with Crippen molar-refractivity contribution in [1.82, 2.24) is 15.1 Å². The maximum atomic E-state index is 9.07. The standard InChI is InChI=1S/C20H25N3O2/c1-15-20(16(2)23(22-15)10-11-24)14-21-9-12-25-19-8-7-17-5-3-4-6-18(17)13-19/h3-8,13,21,24H,9-12,14H2,1-2H3. The molecule has 2 aromatic carbocycles. The molecule has 0 aliphatic carbocycles. The van der Waals surface area contributed by atoms with Gasteiger partial charge in [0.05, 0.1) is 18.8 Å². The number of nitrogens with zero attached hydrogens (tertiary/aromatic N) is 2. The number of hydrogen-bond donors (Lipinski definition) is 2. The molecule has 25 heavy (non-hydrogen) atoms. The lowest BCUT2D eigenvalue weighted by Gasteiger charge is -2.09. The molecule has 3 aromatic rings. The first kappa shape index (κ1) is 17.5. The number of hydrogen-bond acceptors (Lipinski definition) is 4. The summed E-state index contributed by atoms with van der Waals surface area (Å²) in [5, 5.41) is 19.3. The van der Waals surface area contributed by atoms with Gasteiger partial charge in [0.25, 0.3) is 0 Å². The van der Waals surface area contributed by atoms with Gasteiger partial charge >= 0.3 is 0 Å². The fourth-order valence-corrected chi connectivity index (χ4v) is 3.01. The number of nitrogens with one attached hydrogen (secondary N) is 1. The van der Waals surface area contributed by atoms with Crippen molar-refractivity contribution in [3.8, 4) is 5.75 Å². The van der Waals surface area contributed by atoms with Gasteiger partial charge in [0.15, 0.2) is 0 Å². The number of aliphatic hydroxyl groups is 1. The van der Waals surface area contributed by atoms with E-state index < -0.39 is 0 Å². The minimum absolute atomic E-state index is 0.106. The highest BCUT2D eigenvalue weighted by Gasteiger charge is 2.10. The van der Waals surface area contributed by atoms with E-state index in [4.69, 9.17) is 9.84 Å². The summed E-state index contributed by atoms with van der Waals surface area (Å²) in [4.78, 5) is 0. The maximum Gasteiger partial charge on any atom is 0.120 e. The summed E-state index contributed by atoms with van der Waals surface area (Å²) in [6.07, 6.45) is 0. The number of fused-ring (bicyclic) bond motifs is 1. The first-order valence-electron chi connectivity index (χ1n) is 8.65. The second-order valence-electron chi connectivity index (χ2n) is 6.13. The van der Waals surface area contributed by atoms with Crippen LogP contribution in [0.3, 0.4) is 0 Å². The highest BCUT2D eigenvalue weighted by molar-refractivity contribution is 5.83. The minimum Gasteiger partial charge on any atom is -0.492 e. The molecule has 2 N–H and O–H groups in total. The highest BCUT2D eigenvalue weighted by atomic mass is 16.5. The predicted octanol–water partition coefficient (Wildman–Crippen LogP) is 2.81. The van der Waals surface area contributed by atoms with Crippen molar-refractivity contribution in [2.75, 3.05) is 19.8 Å². The van der Waals surface area contributed by atoms with Gasteiger partial charge in [-0.25, -0.2) is 0 Å². The van der Waals surface area contributed by atoms with Gasteiger partial charge in [0, 0.05) is 24.3 Å². The van der Waals surface area contributed by atoms with Gasteiger partial charge in [0.2, 0.25) is 0 Å². The van der Waals surface area contributed by atoms with Crippen molar-refractivity contribution >= 4 is 10.8 Å². The van der Waals surface area contributed by atoms with Gasteiger partial charge in [-0.2, -0.15) is 5.10 Å². The Morgan fingerprint density at radius 2 is 1.92 bits per heavy atom. The van der Waals surface area contributed by atoms with Crippen LogP contribution in [0.4, 0.5) is 0 Å². The van der Waals surface area contributed by atoms with E-state index in [1.807, 2.05) is 36.7 Å². The van der Waals surface area contributed by atoms with E-state index in [0.717, 1.165) is 30.2 Å². The quantitative estimate of drug-likeness (QED) is 0.620. The lowest BCUT2D eigenvalue weighted by molar-refractivity contribution is 0.267. The monoisotopic (exact) mass is 339 g/mol. The van der Waals surface area contributed by atoms with Crippen molar-refractivity contribution in [2.24, 2.45) is 0 Å². The van der Waals surface area contributed by atoms with Crippen LogP contribution in [0.1, 0.15) is 17.0 Å². The Morgan fingerprint density at radius 3 is 2.72 bits per heavy atom. The molecule has 1 heterocycles. The Labute approximate surface area is 148 Å². The SMILES string of the molecule is Cc1nn(CCO)c(C)c1CNCCOc1ccc2ccccc2c1. The fraction of sp³-hybridized carbons (Fsp3) is 0.350. The summed E-state index contributed by atoms with van der Waals surface area (Å²) < 4.78 is 7.70. The average molecular weight is 339 g/mol. The van der Waals surface area contributed by atoms with Crippen molar-refractivity contribution in [1.29, 1.82) is 0 Å². The van der Waals surface area contributed by atoms with Crippen LogP contribution in [-0.2, 0) is 13.1 Å². The van der Waals surface area contributed by atoms with Crippen molar-refractivity contribution in [3.05, 3.63) is 59.4 Å². The maximum absolute atomic E-state index is 9.07. The largest absolute Gasteiger partial charge is 0.492 e. The third-order valence-corrected chi connectivity index (χ3v) is 4.41. The molecule has 0 atom stereocenters. The van der Waals surface area contributed by atoms with Crippen LogP contribution < -0.4 is 10.1 Å². The molecular weight excluding hydrogens is 314 g/mol. The van der Waals surface area contributed by atoms with Crippen LogP contribution in [-0.4, -0.2) is 34.6 Å². The van der Waals surface area contributed by atoms with Gasteiger partial charge in [-0.05, 0) is 36.8 Å². The number of aromatic nitrogens is 2. The van der Waals surface area contributed by atoms with Crippen LogP contribution in [0.15, 0.2) is 42.5 Å².